The number of benzene rings is 1. The predicted octanol–water partition coefficient (Wildman–Crippen LogP) is 2.36. The summed E-state index contributed by atoms with van der Waals surface area (Å²) in [7, 11) is 0. The van der Waals surface area contributed by atoms with Gasteiger partial charge in [0.25, 0.3) is 5.91 Å². The lowest BCUT2D eigenvalue weighted by atomic mass is 9.71. The maximum Gasteiger partial charge on any atom is 0.254 e. The largest absolute Gasteiger partial charge is 0.381 e. The molecule has 3 aliphatic rings. The van der Waals surface area contributed by atoms with Crippen molar-refractivity contribution < 1.29 is 23.1 Å². The van der Waals surface area contributed by atoms with Crippen LogP contribution in [0, 0.1) is 28.9 Å². The van der Waals surface area contributed by atoms with Crippen LogP contribution >= 0.6 is 0 Å². The van der Waals surface area contributed by atoms with Gasteiger partial charge in [-0.3, -0.25) is 9.59 Å². The fourth-order valence-electron chi connectivity index (χ4n) is 4.27. The molecule has 0 aromatic heterocycles. The van der Waals surface area contributed by atoms with Gasteiger partial charge in [0, 0.05) is 43.8 Å². The Morgan fingerprint density at radius 1 is 1.19 bits per heavy atom. The Morgan fingerprint density at radius 2 is 1.93 bits per heavy atom. The van der Waals surface area contributed by atoms with Gasteiger partial charge in [0.1, 0.15) is 0 Å². The second-order valence-corrected chi connectivity index (χ2v) is 8.03. The smallest absolute Gasteiger partial charge is 0.254 e. The Kier molecular flexibility index (Phi) is 4.88. The molecule has 1 saturated carbocycles. The second kappa shape index (κ2) is 7.19. The number of hydrogen-bond donors (Lipinski definition) is 1. The lowest BCUT2D eigenvalue weighted by Crippen LogP contribution is -2.44. The summed E-state index contributed by atoms with van der Waals surface area (Å²) in [5.41, 5.74) is -0.199. The van der Waals surface area contributed by atoms with Gasteiger partial charge in [-0.05, 0) is 49.8 Å². The predicted molar refractivity (Wildman–Crippen MR) is 94.0 cm³/mol. The number of carbonyl (C=O) groups excluding carboxylic acids is 2. The molecule has 2 saturated heterocycles. The van der Waals surface area contributed by atoms with Crippen molar-refractivity contribution in [2.24, 2.45) is 17.3 Å². The van der Waals surface area contributed by atoms with E-state index in [0.29, 0.717) is 38.8 Å². The third kappa shape index (κ3) is 3.70. The van der Waals surface area contributed by atoms with Crippen LogP contribution in [0.15, 0.2) is 18.2 Å². The van der Waals surface area contributed by atoms with Crippen LogP contribution in [0.2, 0.25) is 0 Å². The zero-order valence-electron chi connectivity index (χ0n) is 15.2. The first kappa shape index (κ1) is 18.3. The average molecular weight is 378 g/mol. The van der Waals surface area contributed by atoms with Crippen LogP contribution in [0.5, 0.6) is 0 Å². The topological polar surface area (TPSA) is 58.6 Å². The molecule has 1 aromatic carbocycles. The van der Waals surface area contributed by atoms with Crippen LogP contribution < -0.4 is 5.32 Å². The number of nitrogens with zero attached hydrogens (tertiary/aromatic N) is 1. The minimum Gasteiger partial charge on any atom is -0.381 e. The molecular formula is C20H24F2N2O3. The van der Waals surface area contributed by atoms with Gasteiger partial charge in [-0.25, -0.2) is 8.78 Å². The zero-order chi connectivity index (χ0) is 19.0. The SMILES string of the molecule is O=C(NCC1CC1)C1CN(C(=O)c2ccc(F)c(F)c2)CC12CCOCC2. The van der Waals surface area contributed by atoms with Crippen LogP contribution in [0.25, 0.3) is 0 Å². The van der Waals surface area contributed by atoms with Gasteiger partial charge in [-0.1, -0.05) is 0 Å². The molecule has 1 spiro atoms. The van der Waals surface area contributed by atoms with Gasteiger partial charge in [0.2, 0.25) is 5.91 Å². The highest BCUT2D eigenvalue weighted by atomic mass is 19.2. The summed E-state index contributed by atoms with van der Waals surface area (Å²) in [6.45, 7) is 2.57. The van der Waals surface area contributed by atoms with Gasteiger partial charge in [-0.2, -0.15) is 0 Å². The minimum absolute atomic E-state index is 0.00983. The zero-order valence-corrected chi connectivity index (χ0v) is 15.2. The molecule has 1 unspecified atom stereocenters. The van der Waals surface area contributed by atoms with E-state index in [2.05, 4.69) is 5.32 Å². The van der Waals surface area contributed by atoms with Gasteiger partial charge >= 0.3 is 0 Å². The maximum atomic E-state index is 13.5. The number of rotatable bonds is 4. The molecule has 2 aliphatic heterocycles. The lowest BCUT2D eigenvalue weighted by molar-refractivity contribution is -0.129. The molecule has 1 aliphatic carbocycles. The molecule has 4 rings (SSSR count). The average Bonchev–Trinajstić information content (AvgIpc) is 3.43. The molecule has 1 aromatic rings. The second-order valence-electron chi connectivity index (χ2n) is 8.03. The summed E-state index contributed by atoms with van der Waals surface area (Å²) >= 11 is 0. The molecule has 27 heavy (non-hydrogen) atoms. The monoisotopic (exact) mass is 378 g/mol. The van der Waals surface area contributed by atoms with Crippen LogP contribution in [0.1, 0.15) is 36.0 Å². The third-order valence-electron chi connectivity index (χ3n) is 6.17. The first-order valence-corrected chi connectivity index (χ1v) is 9.58. The Morgan fingerprint density at radius 3 is 2.59 bits per heavy atom. The van der Waals surface area contributed by atoms with Crippen molar-refractivity contribution in [2.75, 3.05) is 32.8 Å². The van der Waals surface area contributed by atoms with Crippen molar-refractivity contribution in [3.63, 3.8) is 0 Å². The van der Waals surface area contributed by atoms with E-state index < -0.39 is 11.6 Å². The fraction of sp³-hybridized carbons (Fsp3) is 0.600. The highest BCUT2D eigenvalue weighted by molar-refractivity contribution is 5.95. The summed E-state index contributed by atoms with van der Waals surface area (Å²) in [5, 5.41) is 3.05. The van der Waals surface area contributed by atoms with Crippen molar-refractivity contribution in [3.8, 4) is 0 Å². The minimum atomic E-state index is -1.04. The molecule has 3 fully saturated rings. The van der Waals surface area contributed by atoms with Crippen LogP contribution in [0.4, 0.5) is 8.78 Å². The van der Waals surface area contributed by atoms with Gasteiger partial charge in [0.15, 0.2) is 11.6 Å². The quantitative estimate of drug-likeness (QED) is 0.875. The van der Waals surface area contributed by atoms with E-state index in [1.165, 1.54) is 6.07 Å². The maximum absolute atomic E-state index is 13.5. The van der Waals surface area contributed by atoms with E-state index in [0.717, 1.165) is 37.8 Å². The van der Waals surface area contributed by atoms with Crippen molar-refractivity contribution in [3.05, 3.63) is 35.4 Å². The van der Waals surface area contributed by atoms with Crippen molar-refractivity contribution >= 4 is 11.8 Å². The Labute approximate surface area is 157 Å². The number of ether oxygens (including phenoxy) is 1. The third-order valence-corrected chi connectivity index (χ3v) is 6.17. The molecule has 5 nitrogen and oxygen atoms in total. The first-order chi connectivity index (χ1) is 13.0. The molecule has 1 N–H and O–H groups in total. The number of carbonyl (C=O) groups is 2. The Bertz CT molecular complexity index is 745. The number of likely N-dealkylation sites (tertiary alicyclic amines) is 1. The normalized spacial score (nSPS) is 24.2. The molecule has 2 heterocycles. The summed E-state index contributed by atoms with van der Waals surface area (Å²) in [6, 6.07) is 3.18. The molecule has 0 bridgehead atoms. The number of amides is 2. The van der Waals surface area contributed by atoms with Crippen LogP contribution in [-0.4, -0.2) is 49.6 Å². The summed E-state index contributed by atoms with van der Waals surface area (Å²) in [4.78, 5) is 27.3. The lowest BCUT2D eigenvalue weighted by Gasteiger charge is -2.37. The highest BCUT2D eigenvalue weighted by Crippen LogP contribution is 2.45. The van der Waals surface area contributed by atoms with E-state index in [4.69, 9.17) is 4.74 Å². The first-order valence-electron chi connectivity index (χ1n) is 9.58. The van der Waals surface area contributed by atoms with Gasteiger partial charge in [-0.15, -0.1) is 0 Å². The highest BCUT2D eigenvalue weighted by Gasteiger charge is 2.51. The molecule has 7 heteroatoms. The van der Waals surface area contributed by atoms with Gasteiger partial charge < -0.3 is 15.0 Å². The van der Waals surface area contributed by atoms with E-state index in [1.807, 2.05) is 0 Å². The van der Waals surface area contributed by atoms with Crippen molar-refractivity contribution in [2.45, 2.75) is 25.7 Å². The molecule has 2 amide bonds. The van der Waals surface area contributed by atoms with Crippen LogP contribution in [-0.2, 0) is 9.53 Å². The Hall–Kier alpha value is -2.02. The fourth-order valence-corrected chi connectivity index (χ4v) is 4.27. The molecule has 1 atom stereocenters. The van der Waals surface area contributed by atoms with Crippen molar-refractivity contribution in [1.82, 2.24) is 10.2 Å². The molecular weight excluding hydrogens is 354 g/mol. The number of hydrogen-bond acceptors (Lipinski definition) is 3. The molecule has 0 radical (unpaired) electrons. The van der Waals surface area contributed by atoms with E-state index in [1.54, 1.807) is 4.90 Å². The summed E-state index contributed by atoms with van der Waals surface area (Å²) in [5.74, 6) is -2.11. The number of halogens is 2. The van der Waals surface area contributed by atoms with Crippen LogP contribution in [0.3, 0.4) is 0 Å². The summed E-state index contributed by atoms with van der Waals surface area (Å²) < 4.78 is 32.2. The van der Waals surface area contributed by atoms with E-state index in [-0.39, 0.29) is 28.7 Å². The van der Waals surface area contributed by atoms with E-state index >= 15 is 0 Å². The molecule has 146 valence electrons. The van der Waals surface area contributed by atoms with E-state index in [9.17, 15) is 18.4 Å². The number of nitrogens with one attached hydrogen (secondary N) is 1. The van der Waals surface area contributed by atoms with Gasteiger partial charge in [0.05, 0.1) is 5.92 Å². The standard InChI is InChI=1S/C20H24F2N2O3/c21-16-4-3-14(9-17(16)22)19(26)24-11-15(18(25)23-10-13-1-2-13)20(12-24)5-7-27-8-6-20/h3-4,9,13,15H,1-2,5-8,10-12H2,(H,23,25). The Balaban J connectivity index is 1.52. The van der Waals surface area contributed by atoms with Crippen molar-refractivity contribution in [1.29, 1.82) is 0 Å². The summed E-state index contributed by atoms with van der Waals surface area (Å²) in [6.07, 6.45) is 3.75.